The van der Waals surface area contributed by atoms with Crippen LogP contribution < -0.4 is 0 Å². The van der Waals surface area contributed by atoms with Crippen molar-refractivity contribution in [2.75, 3.05) is 6.26 Å². The van der Waals surface area contributed by atoms with Crippen molar-refractivity contribution >= 4 is 11.8 Å². The number of hydrogen-bond donors (Lipinski definition) is 0. The quantitative estimate of drug-likeness (QED) is 0.616. The van der Waals surface area contributed by atoms with Crippen LogP contribution in [0.4, 0.5) is 0 Å². The second kappa shape index (κ2) is 3.10. The number of nitrogens with zero attached hydrogens (tertiary/aromatic N) is 1. The third kappa shape index (κ3) is 1.19. The fourth-order valence-corrected chi connectivity index (χ4v) is 1.41. The average molecular weight is 157 g/mol. The number of rotatable bonds is 2. The summed E-state index contributed by atoms with van der Waals surface area (Å²) in [5.74, 6) is 0. The van der Waals surface area contributed by atoms with Crippen LogP contribution in [0.2, 0.25) is 0 Å². The highest BCUT2D eigenvalue weighted by molar-refractivity contribution is 7.98. The van der Waals surface area contributed by atoms with E-state index in [1.54, 1.807) is 11.8 Å². The first-order valence-corrected chi connectivity index (χ1v) is 4.51. The summed E-state index contributed by atoms with van der Waals surface area (Å²) in [5, 5.41) is 4.85. The molecule has 0 amide bonds. The summed E-state index contributed by atoms with van der Waals surface area (Å²) in [6.45, 7) is 4.12. The van der Waals surface area contributed by atoms with Gasteiger partial charge in [0.05, 0.1) is 5.69 Å². The lowest BCUT2D eigenvalue weighted by Crippen LogP contribution is -1.81. The lowest BCUT2D eigenvalue weighted by Gasteiger charge is -1.88. The minimum Gasteiger partial charge on any atom is -0.349 e. The van der Waals surface area contributed by atoms with Gasteiger partial charge < -0.3 is 4.52 Å². The van der Waals surface area contributed by atoms with Crippen molar-refractivity contribution in [1.82, 2.24) is 5.16 Å². The van der Waals surface area contributed by atoms with E-state index in [0.717, 1.165) is 17.2 Å². The zero-order valence-electron chi connectivity index (χ0n) is 6.47. The molecule has 1 aromatic rings. The van der Waals surface area contributed by atoms with Gasteiger partial charge in [-0.2, -0.15) is 0 Å². The van der Waals surface area contributed by atoms with Crippen LogP contribution in [0.3, 0.4) is 0 Å². The normalized spacial score (nSPS) is 10.3. The Morgan fingerprint density at radius 1 is 1.60 bits per heavy atom. The Bertz CT molecular complexity index is 198. The molecule has 0 aliphatic carbocycles. The molecular formula is C7H11NOS. The third-order valence-corrected chi connectivity index (χ3v) is 2.25. The van der Waals surface area contributed by atoms with Crippen LogP contribution >= 0.6 is 11.8 Å². The van der Waals surface area contributed by atoms with Crippen molar-refractivity contribution in [3.8, 4) is 0 Å². The Labute approximate surface area is 65.0 Å². The zero-order valence-corrected chi connectivity index (χ0v) is 7.29. The Morgan fingerprint density at radius 3 is 2.60 bits per heavy atom. The zero-order chi connectivity index (χ0) is 7.56. The minimum atomic E-state index is 0.942. The lowest BCUT2D eigenvalue weighted by atomic mass is 10.2. The molecule has 0 aliphatic rings. The summed E-state index contributed by atoms with van der Waals surface area (Å²) in [6.07, 6.45) is 2.95. The molecule has 1 aromatic heterocycles. The summed E-state index contributed by atoms with van der Waals surface area (Å²) in [5.41, 5.74) is 2.26. The van der Waals surface area contributed by atoms with Gasteiger partial charge in [-0.1, -0.05) is 23.8 Å². The predicted octanol–water partition coefficient (Wildman–Crippen LogP) is 2.27. The van der Waals surface area contributed by atoms with Crippen LogP contribution in [0, 0.1) is 6.92 Å². The van der Waals surface area contributed by atoms with Crippen molar-refractivity contribution in [2.24, 2.45) is 0 Å². The molecule has 10 heavy (non-hydrogen) atoms. The van der Waals surface area contributed by atoms with E-state index in [2.05, 4.69) is 12.1 Å². The molecule has 0 fully saturated rings. The maximum Gasteiger partial charge on any atom is 0.195 e. The molecular weight excluding hydrogens is 146 g/mol. The molecule has 1 heterocycles. The van der Waals surface area contributed by atoms with E-state index in [-0.39, 0.29) is 0 Å². The SMILES string of the molecule is CCc1noc(SC)c1C. The maximum atomic E-state index is 5.05. The molecule has 0 N–H and O–H groups in total. The highest BCUT2D eigenvalue weighted by Crippen LogP contribution is 2.22. The van der Waals surface area contributed by atoms with Gasteiger partial charge in [0.25, 0.3) is 0 Å². The molecule has 0 aromatic carbocycles. The van der Waals surface area contributed by atoms with Gasteiger partial charge in [0.1, 0.15) is 0 Å². The Morgan fingerprint density at radius 2 is 2.30 bits per heavy atom. The van der Waals surface area contributed by atoms with Crippen molar-refractivity contribution in [3.05, 3.63) is 11.3 Å². The summed E-state index contributed by atoms with van der Waals surface area (Å²) in [6, 6.07) is 0. The van der Waals surface area contributed by atoms with Crippen LogP contribution in [-0.2, 0) is 6.42 Å². The van der Waals surface area contributed by atoms with Gasteiger partial charge in [0.2, 0.25) is 0 Å². The van der Waals surface area contributed by atoms with Gasteiger partial charge in [-0.05, 0) is 19.6 Å². The summed E-state index contributed by atoms with van der Waals surface area (Å²) in [4.78, 5) is 0. The summed E-state index contributed by atoms with van der Waals surface area (Å²) < 4.78 is 5.05. The number of aromatic nitrogens is 1. The van der Waals surface area contributed by atoms with E-state index >= 15 is 0 Å². The van der Waals surface area contributed by atoms with Gasteiger partial charge in [-0.3, -0.25) is 0 Å². The van der Waals surface area contributed by atoms with Crippen molar-refractivity contribution in [1.29, 1.82) is 0 Å². The second-order valence-corrected chi connectivity index (χ2v) is 2.88. The predicted molar refractivity (Wildman–Crippen MR) is 42.4 cm³/mol. The van der Waals surface area contributed by atoms with Crippen molar-refractivity contribution in [2.45, 2.75) is 25.4 Å². The molecule has 56 valence electrons. The van der Waals surface area contributed by atoms with Gasteiger partial charge >= 0.3 is 0 Å². The average Bonchev–Trinajstić information content (AvgIpc) is 2.30. The smallest absolute Gasteiger partial charge is 0.195 e. The first-order chi connectivity index (χ1) is 4.79. The van der Waals surface area contributed by atoms with Gasteiger partial charge in [-0.15, -0.1) is 0 Å². The lowest BCUT2D eigenvalue weighted by molar-refractivity contribution is 0.344. The van der Waals surface area contributed by atoms with E-state index in [9.17, 15) is 0 Å². The second-order valence-electron chi connectivity index (χ2n) is 2.10. The molecule has 0 saturated carbocycles. The van der Waals surface area contributed by atoms with Gasteiger partial charge in [0, 0.05) is 5.56 Å². The van der Waals surface area contributed by atoms with Crippen LogP contribution in [0.5, 0.6) is 0 Å². The fraction of sp³-hybridized carbons (Fsp3) is 0.571. The van der Waals surface area contributed by atoms with E-state index < -0.39 is 0 Å². The van der Waals surface area contributed by atoms with E-state index in [4.69, 9.17) is 4.52 Å². The molecule has 0 unspecified atom stereocenters. The van der Waals surface area contributed by atoms with Crippen LogP contribution in [-0.4, -0.2) is 11.4 Å². The van der Waals surface area contributed by atoms with E-state index in [1.807, 2.05) is 13.2 Å². The molecule has 0 spiro atoms. The topological polar surface area (TPSA) is 26.0 Å². The highest BCUT2D eigenvalue weighted by Gasteiger charge is 2.07. The summed E-state index contributed by atoms with van der Waals surface area (Å²) >= 11 is 1.60. The first-order valence-electron chi connectivity index (χ1n) is 3.28. The molecule has 2 nitrogen and oxygen atoms in total. The third-order valence-electron chi connectivity index (χ3n) is 1.50. The molecule has 0 atom stereocenters. The molecule has 0 aliphatic heterocycles. The number of aryl methyl sites for hydroxylation is 1. The van der Waals surface area contributed by atoms with Gasteiger partial charge in [0.15, 0.2) is 5.09 Å². The number of hydrogen-bond acceptors (Lipinski definition) is 3. The van der Waals surface area contributed by atoms with Crippen LogP contribution in [0.15, 0.2) is 9.62 Å². The molecule has 0 radical (unpaired) electrons. The molecule has 1 rings (SSSR count). The Kier molecular flexibility index (Phi) is 2.38. The first kappa shape index (κ1) is 7.66. The monoisotopic (exact) mass is 157 g/mol. The fourth-order valence-electron chi connectivity index (χ4n) is 0.871. The van der Waals surface area contributed by atoms with E-state index in [0.29, 0.717) is 0 Å². The van der Waals surface area contributed by atoms with E-state index in [1.165, 1.54) is 5.56 Å². The Hall–Kier alpha value is -0.440. The molecule has 0 bridgehead atoms. The molecule has 0 saturated heterocycles. The van der Waals surface area contributed by atoms with Crippen molar-refractivity contribution in [3.63, 3.8) is 0 Å². The standard InChI is InChI=1S/C7H11NOS/c1-4-6-5(2)7(10-3)9-8-6/h4H2,1-3H3. The van der Waals surface area contributed by atoms with Crippen molar-refractivity contribution < 1.29 is 4.52 Å². The molecule has 3 heteroatoms. The Balaban J connectivity index is 2.97. The minimum absolute atomic E-state index is 0.942. The maximum absolute atomic E-state index is 5.05. The van der Waals surface area contributed by atoms with Crippen LogP contribution in [0.1, 0.15) is 18.2 Å². The summed E-state index contributed by atoms with van der Waals surface area (Å²) in [7, 11) is 0. The highest BCUT2D eigenvalue weighted by atomic mass is 32.2. The van der Waals surface area contributed by atoms with Gasteiger partial charge in [-0.25, -0.2) is 0 Å². The van der Waals surface area contributed by atoms with Crippen LogP contribution in [0.25, 0.3) is 0 Å². The number of thioether (sulfide) groups is 1. The largest absolute Gasteiger partial charge is 0.349 e.